The van der Waals surface area contributed by atoms with Crippen molar-refractivity contribution in [2.75, 3.05) is 0 Å². The molecule has 0 aliphatic heterocycles. The Morgan fingerprint density at radius 2 is 1.12 bits per heavy atom. The van der Waals surface area contributed by atoms with Crippen LogP contribution in [0.4, 0.5) is 0 Å². The number of pyridine rings is 1. The van der Waals surface area contributed by atoms with Crippen molar-refractivity contribution in [1.82, 2.24) is 4.98 Å². The Morgan fingerprint density at radius 3 is 1.67 bits per heavy atom. The van der Waals surface area contributed by atoms with Crippen LogP contribution in [0.1, 0.15) is 11.1 Å². The molecule has 0 spiro atoms. The van der Waals surface area contributed by atoms with E-state index in [2.05, 4.69) is 106 Å². The van der Waals surface area contributed by atoms with Gasteiger partial charge < -0.3 is 10.2 Å². The Balaban J connectivity index is 0.000000190. The molecule has 42 heavy (non-hydrogen) atoms. The Morgan fingerprint density at radius 1 is 0.619 bits per heavy atom. The quantitative estimate of drug-likeness (QED) is 0.0861. The molecule has 1 aromatic heterocycles. The third-order valence-electron chi connectivity index (χ3n) is 6.38. The molecule has 0 amide bonds. The minimum atomic E-state index is -0.877. The predicted molar refractivity (Wildman–Crippen MR) is 168 cm³/mol. The van der Waals surface area contributed by atoms with Crippen LogP contribution in [0.15, 0.2) is 162 Å². The van der Waals surface area contributed by atoms with Crippen molar-refractivity contribution in [3.8, 4) is 5.75 Å². The Labute approximate surface area is 260 Å². The molecule has 208 valence electrons. The summed E-state index contributed by atoms with van der Waals surface area (Å²) in [6.45, 7) is 0. The average molecular weight is 659 g/mol. The molecule has 0 aliphatic carbocycles. The van der Waals surface area contributed by atoms with Gasteiger partial charge in [-0.25, -0.2) is 0 Å². The maximum absolute atomic E-state index is 12.0. The Bertz CT molecular complexity index is 1660. The van der Waals surface area contributed by atoms with Crippen LogP contribution in [0, 0.1) is 0 Å². The summed E-state index contributed by atoms with van der Waals surface area (Å²) in [5.41, 5.74) is 0.816. The number of nitrogens with zero attached hydrogens (tertiary/aromatic N) is 3. The molecule has 0 bridgehead atoms. The van der Waals surface area contributed by atoms with Gasteiger partial charge in [-0.1, -0.05) is 96.7 Å². The first-order valence-corrected chi connectivity index (χ1v) is 14.6. The molecule has 0 saturated heterocycles. The number of benzene rings is 5. The van der Waals surface area contributed by atoms with Gasteiger partial charge in [0.05, 0.1) is 14.1 Å². The van der Waals surface area contributed by atoms with E-state index in [4.69, 9.17) is 0 Å². The van der Waals surface area contributed by atoms with E-state index in [-0.39, 0.29) is 26.2 Å². The van der Waals surface area contributed by atoms with Gasteiger partial charge in [-0.05, 0) is 70.4 Å². The van der Waals surface area contributed by atoms with Crippen LogP contribution in [0.2, 0.25) is 0 Å². The van der Waals surface area contributed by atoms with Crippen molar-refractivity contribution < 1.29 is 30.6 Å². The zero-order chi connectivity index (χ0) is 28.3. The van der Waals surface area contributed by atoms with Gasteiger partial charge in [0.25, 0.3) is 0 Å². The van der Waals surface area contributed by atoms with E-state index >= 15 is 0 Å². The van der Waals surface area contributed by atoms with E-state index < -0.39 is 13.8 Å². The van der Waals surface area contributed by atoms with Gasteiger partial charge in [0.15, 0.2) is 0 Å². The summed E-state index contributed by atoms with van der Waals surface area (Å²) in [5, 5.41) is 37.1. The summed E-state index contributed by atoms with van der Waals surface area (Å²) in [6, 6.07) is 46.3. The van der Waals surface area contributed by atoms with Crippen molar-refractivity contribution in [2.24, 2.45) is 10.2 Å². The molecular formula is C35H27N3O2PPd+. The maximum Gasteiger partial charge on any atom is 2.00 e. The van der Waals surface area contributed by atoms with Gasteiger partial charge >= 0.3 is 20.4 Å². The van der Waals surface area contributed by atoms with Crippen molar-refractivity contribution in [3.05, 3.63) is 163 Å². The number of fused-ring (bicyclic) bond motifs is 1. The second-order valence-corrected chi connectivity index (χ2v) is 11.5. The SMILES string of the molecule is [O-]/C(=N\N=C\c1c([O-])ccc2ccccc12)c1ccncc1.[Pd+2].c1ccc([PH+](c2ccccc2)c2ccccc2)cc1. The molecule has 0 fully saturated rings. The zero-order valence-corrected chi connectivity index (χ0v) is 25.0. The Kier molecular flexibility index (Phi) is 11.3. The summed E-state index contributed by atoms with van der Waals surface area (Å²) < 4.78 is 0. The molecule has 0 N–H and O–H groups in total. The van der Waals surface area contributed by atoms with Gasteiger partial charge in [0, 0.05) is 18.3 Å². The Hall–Kier alpha value is -4.46. The van der Waals surface area contributed by atoms with Crippen molar-refractivity contribution in [3.63, 3.8) is 0 Å². The molecule has 6 rings (SSSR count). The molecule has 6 aromatic rings. The van der Waals surface area contributed by atoms with Crippen molar-refractivity contribution in [1.29, 1.82) is 0 Å². The first-order chi connectivity index (χ1) is 20.2. The van der Waals surface area contributed by atoms with E-state index in [1.807, 2.05) is 24.3 Å². The number of hydrogen-bond acceptors (Lipinski definition) is 5. The van der Waals surface area contributed by atoms with Crippen molar-refractivity contribution >= 4 is 46.7 Å². The van der Waals surface area contributed by atoms with Crippen LogP contribution in [0.25, 0.3) is 10.8 Å². The van der Waals surface area contributed by atoms with Crippen LogP contribution < -0.4 is 26.1 Å². The maximum atomic E-state index is 12.0. The summed E-state index contributed by atoms with van der Waals surface area (Å²) >= 11 is 0. The first-order valence-electron chi connectivity index (χ1n) is 13.1. The summed E-state index contributed by atoms with van der Waals surface area (Å²) in [7, 11) is -0.877. The molecule has 0 aliphatic rings. The van der Waals surface area contributed by atoms with Crippen LogP contribution in [-0.2, 0) is 20.4 Å². The molecule has 5 nitrogen and oxygen atoms in total. The third kappa shape index (κ3) is 7.84. The molecule has 0 atom stereocenters. The fraction of sp³-hybridized carbons (Fsp3) is 0. The van der Waals surface area contributed by atoms with Crippen LogP contribution in [-0.4, -0.2) is 17.1 Å². The van der Waals surface area contributed by atoms with E-state index in [0.29, 0.717) is 11.1 Å². The molecule has 0 saturated carbocycles. The van der Waals surface area contributed by atoms with E-state index in [9.17, 15) is 10.2 Å². The molecule has 7 heteroatoms. The van der Waals surface area contributed by atoms with E-state index in [0.717, 1.165) is 10.8 Å². The number of rotatable bonds is 6. The monoisotopic (exact) mass is 658 g/mol. The smallest absolute Gasteiger partial charge is 0.872 e. The third-order valence-corrected chi connectivity index (χ3v) is 9.11. The van der Waals surface area contributed by atoms with Gasteiger partial charge in [0.1, 0.15) is 15.9 Å². The molecule has 0 unspecified atom stereocenters. The van der Waals surface area contributed by atoms with Gasteiger partial charge in [-0.3, -0.25) is 4.98 Å². The topological polar surface area (TPSA) is 83.7 Å². The molecule has 1 heterocycles. The number of aromatic nitrogens is 1. The molecule has 0 radical (unpaired) electrons. The second kappa shape index (κ2) is 15.5. The standard InChI is InChI=1S/C18H15P.C17H13N3O2.Pd/c1-4-10-16(11-5-1)19(17-12-6-2-7-13-17)18-14-8-3-9-15-18;21-16-6-5-12-3-1-2-4-14(12)15(16)11-19-20-17(22)13-7-9-18-10-8-13;/h1-15H;1-11,21H,(H,20,22);/q;;+2/p-1/b;19-11+;. The largest absolute Gasteiger partial charge is 2.00 e. The average Bonchev–Trinajstić information content (AvgIpc) is 3.04. The minimum absolute atomic E-state index is 0. The van der Waals surface area contributed by atoms with E-state index in [1.54, 1.807) is 18.2 Å². The second-order valence-electron chi connectivity index (χ2n) is 9.06. The fourth-order valence-electron chi connectivity index (χ4n) is 4.41. The summed E-state index contributed by atoms with van der Waals surface area (Å²) in [4.78, 5) is 3.83. The predicted octanol–water partition coefficient (Wildman–Crippen LogP) is 4.62. The van der Waals surface area contributed by atoms with E-state index in [1.165, 1.54) is 40.6 Å². The first kappa shape index (κ1) is 30.5. The zero-order valence-electron chi connectivity index (χ0n) is 22.5. The van der Waals surface area contributed by atoms with Crippen LogP contribution in [0.3, 0.4) is 0 Å². The van der Waals surface area contributed by atoms with Crippen LogP contribution >= 0.6 is 7.92 Å². The summed E-state index contributed by atoms with van der Waals surface area (Å²) in [6.07, 6.45) is 4.34. The van der Waals surface area contributed by atoms with Crippen LogP contribution in [0.5, 0.6) is 5.75 Å². The minimum Gasteiger partial charge on any atom is -0.872 e. The van der Waals surface area contributed by atoms with Crippen molar-refractivity contribution in [2.45, 2.75) is 0 Å². The summed E-state index contributed by atoms with van der Waals surface area (Å²) in [5.74, 6) is -0.639. The number of hydrogen-bond donors (Lipinski definition) is 0. The van der Waals surface area contributed by atoms with Gasteiger partial charge in [0.2, 0.25) is 0 Å². The van der Waals surface area contributed by atoms with Gasteiger partial charge in [-0.15, -0.1) is 0 Å². The van der Waals surface area contributed by atoms with Gasteiger partial charge in [-0.2, -0.15) is 10.2 Å². The molecule has 5 aromatic carbocycles. The molecular weight excluding hydrogens is 632 g/mol. The normalized spacial score (nSPS) is 11.1. The fourth-order valence-corrected chi connectivity index (χ4v) is 6.99.